The van der Waals surface area contributed by atoms with Gasteiger partial charge in [-0.3, -0.25) is 10.2 Å². The zero-order valence-corrected chi connectivity index (χ0v) is 15.2. The van der Waals surface area contributed by atoms with Crippen molar-refractivity contribution in [1.29, 1.82) is 5.41 Å². The molecule has 1 N–H and O–H groups in total. The zero-order chi connectivity index (χ0) is 18.2. The number of piperidine rings is 1. The van der Waals surface area contributed by atoms with Crippen molar-refractivity contribution >= 4 is 11.7 Å². The maximum atomic E-state index is 12.5. The minimum atomic E-state index is -0.379. The van der Waals surface area contributed by atoms with Crippen LogP contribution in [-0.2, 0) is 10.2 Å². The first kappa shape index (κ1) is 17.2. The standard InChI is InChI=1S/C21H24N2O2/c1-14-20(24)23(3)19(22)13-21(14,2)17-9-5-7-15(11-17)16-8-6-10-18(12-16)25-4/h5-12,14,22H,13H2,1-4H3/t14-,21-/m0/s1. The Labute approximate surface area is 148 Å². The highest BCUT2D eigenvalue weighted by Gasteiger charge is 2.44. The van der Waals surface area contributed by atoms with Gasteiger partial charge in [0.1, 0.15) is 11.6 Å². The molecule has 0 bridgehead atoms. The molecular weight excluding hydrogens is 312 g/mol. The average Bonchev–Trinajstić information content (AvgIpc) is 2.65. The molecule has 2 aromatic carbocycles. The molecule has 130 valence electrons. The van der Waals surface area contributed by atoms with Crippen LogP contribution in [0.2, 0.25) is 0 Å². The fraction of sp³-hybridized carbons (Fsp3) is 0.333. The predicted molar refractivity (Wildman–Crippen MR) is 100 cm³/mol. The molecule has 3 rings (SSSR count). The van der Waals surface area contributed by atoms with Gasteiger partial charge in [0.25, 0.3) is 0 Å². The molecule has 1 aliphatic heterocycles. The van der Waals surface area contributed by atoms with Crippen molar-refractivity contribution in [1.82, 2.24) is 4.90 Å². The van der Waals surface area contributed by atoms with E-state index in [1.165, 1.54) is 4.90 Å². The Morgan fingerprint density at radius 1 is 1.16 bits per heavy atom. The van der Waals surface area contributed by atoms with E-state index in [1.54, 1.807) is 14.2 Å². The van der Waals surface area contributed by atoms with Crippen LogP contribution in [0.4, 0.5) is 0 Å². The number of rotatable bonds is 3. The lowest BCUT2D eigenvalue weighted by molar-refractivity contribution is -0.133. The van der Waals surface area contributed by atoms with Crippen molar-refractivity contribution in [2.75, 3.05) is 14.2 Å². The number of ether oxygens (including phenoxy) is 1. The first-order valence-electron chi connectivity index (χ1n) is 8.47. The van der Waals surface area contributed by atoms with Gasteiger partial charge in [0, 0.05) is 24.8 Å². The van der Waals surface area contributed by atoms with Gasteiger partial charge >= 0.3 is 0 Å². The molecule has 0 radical (unpaired) electrons. The molecule has 25 heavy (non-hydrogen) atoms. The quantitative estimate of drug-likeness (QED) is 0.917. The molecule has 2 aromatic rings. The van der Waals surface area contributed by atoms with Crippen LogP contribution in [-0.4, -0.2) is 30.8 Å². The van der Waals surface area contributed by atoms with Gasteiger partial charge in [0.2, 0.25) is 5.91 Å². The molecule has 1 amide bonds. The summed E-state index contributed by atoms with van der Waals surface area (Å²) >= 11 is 0. The molecule has 0 aromatic heterocycles. The van der Waals surface area contributed by atoms with E-state index in [-0.39, 0.29) is 17.2 Å². The van der Waals surface area contributed by atoms with Crippen molar-refractivity contribution in [2.45, 2.75) is 25.7 Å². The number of hydrogen-bond donors (Lipinski definition) is 1. The molecule has 0 spiro atoms. The molecule has 2 atom stereocenters. The minimum Gasteiger partial charge on any atom is -0.497 e. The van der Waals surface area contributed by atoms with Crippen molar-refractivity contribution in [3.63, 3.8) is 0 Å². The Kier molecular flexibility index (Phi) is 4.38. The summed E-state index contributed by atoms with van der Waals surface area (Å²) < 4.78 is 5.32. The number of benzene rings is 2. The summed E-state index contributed by atoms with van der Waals surface area (Å²) in [6.45, 7) is 4.05. The smallest absolute Gasteiger partial charge is 0.231 e. The maximum absolute atomic E-state index is 12.5. The number of nitrogens with one attached hydrogen (secondary N) is 1. The number of nitrogens with zero attached hydrogens (tertiary/aromatic N) is 1. The highest BCUT2D eigenvalue weighted by atomic mass is 16.5. The van der Waals surface area contributed by atoms with Crippen molar-refractivity contribution in [3.8, 4) is 16.9 Å². The van der Waals surface area contributed by atoms with E-state index in [9.17, 15) is 4.79 Å². The summed E-state index contributed by atoms with van der Waals surface area (Å²) in [6, 6.07) is 16.2. The van der Waals surface area contributed by atoms with Crippen LogP contribution in [0.1, 0.15) is 25.8 Å². The van der Waals surface area contributed by atoms with E-state index in [4.69, 9.17) is 10.1 Å². The van der Waals surface area contributed by atoms with Gasteiger partial charge < -0.3 is 9.64 Å². The Bertz CT molecular complexity index is 830. The number of amides is 1. The summed E-state index contributed by atoms with van der Waals surface area (Å²) in [5.74, 6) is 1.02. The molecule has 0 aliphatic carbocycles. The van der Waals surface area contributed by atoms with E-state index in [0.717, 1.165) is 22.4 Å². The molecule has 1 fully saturated rings. The number of carbonyl (C=O) groups is 1. The van der Waals surface area contributed by atoms with Crippen molar-refractivity contribution < 1.29 is 9.53 Å². The lowest BCUT2D eigenvalue weighted by atomic mass is 9.67. The first-order valence-corrected chi connectivity index (χ1v) is 8.47. The van der Waals surface area contributed by atoms with Gasteiger partial charge in [0.15, 0.2) is 0 Å². The number of methoxy groups -OCH3 is 1. The van der Waals surface area contributed by atoms with Gasteiger partial charge in [-0.1, -0.05) is 50.2 Å². The number of carbonyl (C=O) groups excluding carboxylic acids is 1. The lowest BCUT2D eigenvalue weighted by Crippen LogP contribution is -2.52. The van der Waals surface area contributed by atoms with Gasteiger partial charge in [-0.2, -0.15) is 0 Å². The van der Waals surface area contributed by atoms with Crippen LogP contribution in [0.15, 0.2) is 48.5 Å². The van der Waals surface area contributed by atoms with Crippen LogP contribution >= 0.6 is 0 Å². The highest BCUT2D eigenvalue weighted by Crippen LogP contribution is 2.41. The molecule has 1 aliphatic rings. The summed E-state index contributed by atoms with van der Waals surface area (Å²) in [6.07, 6.45) is 0.554. The third-order valence-corrected chi connectivity index (χ3v) is 5.52. The lowest BCUT2D eigenvalue weighted by Gasteiger charge is -2.43. The second-order valence-corrected chi connectivity index (χ2v) is 6.97. The van der Waals surface area contributed by atoms with E-state index < -0.39 is 0 Å². The second kappa shape index (κ2) is 6.36. The van der Waals surface area contributed by atoms with Crippen molar-refractivity contribution in [2.24, 2.45) is 5.92 Å². The largest absolute Gasteiger partial charge is 0.497 e. The van der Waals surface area contributed by atoms with Gasteiger partial charge in [-0.25, -0.2) is 0 Å². The number of amidine groups is 1. The predicted octanol–water partition coefficient (Wildman–Crippen LogP) is 4.10. The highest BCUT2D eigenvalue weighted by molar-refractivity contribution is 6.01. The molecule has 0 unspecified atom stereocenters. The summed E-state index contributed by atoms with van der Waals surface area (Å²) in [4.78, 5) is 14.0. The zero-order valence-electron chi connectivity index (χ0n) is 15.2. The summed E-state index contributed by atoms with van der Waals surface area (Å²) in [7, 11) is 3.35. The molecule has 4 nitrogen and oxygen atoms in total. The Hall–Kier alpha value is -2.62. The monoisotopic (exact) mass is 336 g/mol. The van der Waals surface area contributed by atoms with Gasteiger partial charge in [-0.05, 0) is 28.8 Å². The number of hydrogen-bond acceptors (Lipinski definition) is 3. The summed E-state index contributed by atoms with van der Waals surface area (Å²) in [5.41, 5.74) is 2.87. The van der Waals surface area contributed by atoms with E-state index in [2.05, 4.69) is 31.2 Å². The van der Waals surface area contributed by atoms with E-state index in [0.29, 0.717) is 12.3 Å². The fourth-order valence-electron chi connectivity index (χ4n) is 3.52. The summed E-state index contributed by atoms with van der Waals surface area (Å²) in [5, 5.41) is 8.18. The van der Waals surface area contributed by atoms with Crippen LogP contribution in [0, 0.1) is 11.3 Å². The number of likely N-dealkylation sites (tertiary alicyclic amines) is 1. The topological polar surface area (TPSA) is 53.4 Å². The van der Waals surface area contributed by atoms with E-state index in [1.807, 2.05) is 31.2 Å². The van der Waals surface area contributed by atoms with Crippen molar-refractivity contribution in [3.05, 3.63) is 54.1 Å². The first-order chi connectivity index (χ1) is 11.9. The molecule has 1 saturated heterocycles. The van der Waals surface area contributed by atoms with Crippen LogP contribution in [0.25, 0.3) is 11.1 Å². The van der Waals surface area contributed by atoms with E-state index >= 15 is 0 Å². The van der Waals surface area contributed by atoms with Gasteiger partial charge in [-0.15, -0.1) is 0 Å². The third kappa shape index (κ3) is 2.93. The Morgan fingerprint density at radius 2 is 1.80 bits per heavy atom. The maximum Gasteiger partial charge on any atom is 0.231 e. The average molecular weight is 336 g/mol. The molecular formula is C21H24N2O2. The normalized spacial score (nSPS) is 23.7. The van der Waals surface area contributed by atoms with Crippen LogP contribution in [0.5, 0.6) is 5.75 Å². The molecule has 4 heteroatoms. The van der Waals surface area contributed by atoms with Crippen LogP contribution in [0.3, 0.4) is 0 Å². The van der Waals surface area contributed by atoms with Crippen LogP contribution < -0.4 is 4.74 Å². The molecule has 1 heterocycles. The second-order valence-electron chi connectivity index (χ2n) is 6.97. The van der Waals surface area contributed by atoms with Gasteiger partial charge in [0.05, 0.1) is 7.11 Å². The fourth-order valence-corrected chi connectivity index (χ4v) is 3.52. The minimum absolute atomic E-state index is 0.00512. The Balaban J connectivity index is 2.03. The third-order valence-electron chi connectivity index (χ3n) is 5.52. The SMILES string of the molecule is COc1cccc(-c2cccc([C@@]3(C)CC(=N)N(C)C(=O)[C@@H]3C)c2)c1. The Morgan fingerprint density at radius 3 is 2.48 bits per heavy atom. The molecule has 0 saturated carbocycles.